The van der Waals surface area contributed by atoms with E-state index in [2.05, 4.69) is 17.4 Å². The van der Waals surface area contributed by atoms with E-state index in [1.54, 1.807) is 17.6 Å². The number of carbonyl (C=O) groups excluding carboxylic acids is 1. The monoisotopic (exact) mass is 280 g/mol. The quantitative estimate of drug-likeness (QED) is 0.666. The molecule has 0 bridgehead atoms. The fraction of sp³-hybridized carbons (Fsp3) is 0.571. The molecule has 1 aliphatic carbocycles. The Hall–Kier alpha value is -1.36. The smallest absolute Gasteiger partial charge is 0.260 e. The molecule has 1 amide bonds. The van der Waals surface area contributed by atoms with Crippen LogP contribution in [0.3, 0.4) is 0 Å². The molecule has 1 saturated carbocycles. The highest BCUT2D eigenvalue weighted by Crippen LogP contribution is 2.23. The number of hydrogen-bond acceptors (Lipinski definition) is 4. The third-order valence-corrected chi connectivity index (χ3v) is 4.18. The summed E-state index contributed by atoms with van der Waals surface area (Å²) in [6, 6.07) is 4.21. The third kappa shape index (κ3) is 5.03. The summed E-state index contributed by atoms with van der Waals surface area (Å²) in [4.78, 5) is 17.7. The van der Waals surface area contributed by atoms with Crippen LogP contribution in [0.1, 0.15) is 37.5 Å². The second-order valence-corrected chi connectivity index (χ2v) is 6.03. The molecule has 1 aromatic rings. The maximum atomic E-state index is 11.6. The number of thiophene rings is 1. The van der Waals surface area contributed by atoms with Gasteiger partial charge in [0, 0.05) is 10.9 Å². The fourth-order valence-electron chi connectivity index (χ4n) is 2.22. The molecule has 19 heavy (non-hydrogen) atoms. The number of oxime groups is 1. The molecule has 0 atom stereocenters. The fourth-order valence-corrected chi connectivity index (χ4v) is 2.80. The Kier molecular flexibility index (Phi) is 5.39. The molecule has 0 spiro atoms. The van der Waals surface area contributed by atoms with Gasteiger partial charge >= 0.3 is 0 Å². The van der Waals surface area contributed by atoms with Gasteiger partial charge in [0.25, 0.3) is 5.91 Å². The van der Waals surface area contributed by atoms with Crippen LogP contribution in [-0.4, -0.2) is 24.8 Å². The first kappa shape index (κ1) is 14.1. The van der Waals surface area contributed by atoms with Gasteiger partial charge in [0.15, 0.2) is 6.61 Å². The first-order valence-corrected chi connectivity index (χ1v) is 7.60. The number of carbonyl (C=O) groups is 1. The van der Waals surface area contributed by atoms with E-state index >= 15 is 0 Å². The summed E-state index contributed by atoms with van der Waals surface area (Å²) >= 11 is 1.58. The van der Waals surface area contributed by atoms with Gasteiger partial charge in [-0.05, 0) is 43.0 Å². The maximum Gasteiger partial charge on any atom is 0.260 e. The topological polar surface area (TPSA) is 50.7 Å². The van der Waals surface area contributed by atoms with Gasteiger partial charge in [-0.2, -0.15) is 0 Å². The molecule has 0 radical (unpaired) electrons. The van der Waals surface area contributed by atoms with Crippen molar-refractivity contribution in [2.75, 3.05) is 6.61 Å². The van der Waals surface area contributed by atoms with Crippen molar-refractivity contribution in [1.82, 2.24) is 5.32 Å². The van der Waals surface area contributed by atoms with Crippen molar-refractivity contribution in [3.8, 4) is 0 Å². The predicted molar refractivity (Wildman–Crippen MR) is 77.4 cm³/mol. The van der Waals surface area contributed by atoms with Crippen LogP contribution in [0.2, 0.25) is 0 Å². The van der Waals surface area contributed by atoms with E-state index in [1.807, 2.05) is 17.5 Å². The molecular weight excluding hydrogens is 260 g/mol. The second kappa shape index (κ2) is 7.28. The van der Waals surface area contributed by atoms with Gasteiger partial charge in [0.05, 0.1) is 6.21 Å². The number of amides is 1. The van der Waals surface area contributed by atoms with E-state index < -0.39 is 0 Å². The summed E-state index contributed by atoms with van der Waals surface area (Å²) < 4.78 is 0. The maximum absolute atomic E-state index is 11.6. The standard InChI is InChI=1S/C14H20N2O2S/c1-11-4-6-12(7-5-11)16-14(17)10-18-15-9-13-3-2-8-19-13/h2-3,8-9,11-12H,4-7,10H2,1H3,(H,16,17)/b15-9+. The van der Waals surface area contributed by atoms with Gasteiger partial charge in [0.1, 0.15) is 0 Å². The minimum absolute atomic E-state index is 0.00602. The average molecular weight is 280 g/mol. The van der Waals surface area contributed by atoms with E-state index in [0.29, 0.717) is 6.04 Å². The van der Waals surface area contributed by atoms with Gasteiger partial charge in [-0.1, -0.05) is 18.1 Å². The number of hydrogen-bond donors (Lipinski definition) is 1. The Balaban J connectivity index is 1.62. The lowest BCUT2D eigenvalue weighted by atomic mass is 9.87. The zero-order valence-electron chi connectivity index (χ0n) is 11.2. The molecule has 0 saturated heterocycles. The highest BCUT2D eigenvalue weighted by Gasteiger charge is 2.19. The van der Waals surface area contributed by atoms with Gasteiger partial charge < -0.3 is 10.2 Å². The van der Waals surface area contributed by atoms with Crippen LogP contribution >= 0.6 is 11.3 Å². The third-order valence-electron chi connectivity index (χ3n) is 3.37. The van der Waals surface area contributed by atoms with Crippen molar-refractivity contribution in [3.63, 3.8) is 0 Å². The molecule has 104 valence electrons. The molecule has 2 rings (SSSR count). The Morgan fingerprint density at radius 1 is 1.53 bits per heavy atom. The van der Waals surface area contributed by atoms with Crippen molar-refractivity contribution >= 4 is 23.5 Å². The molecule has 1 fully saturated rings. The van der Waals surface area contributed by atoms with Crippen LogP contribution in [0.15, 0.2) is 22.7 Å². The van der Waals surface area contributed by atoms with Crippen LogP contribution < -0.4 is 5.32 Å². The summed E-state index contributed by atoms with van der Waals surface area (Å²) in [6.45, 7) is 2.26. The second-order valence-electron chi connectivity index (χ2n) is 5.05. The van der Waals surface area contributed by atoms with Crippen LogP contribution in [0, 0.1) is 5.92 Å². The molecule has 1 aromatic heterocycles. The number of nitrogens with zero attached hydrogens (tertiary/aromatic N) is 1. The Morgan fingerprint density at radius 2 is 2.32 bits per heavy atom. The molecule has 0 unspecified atom stereocenters. The normalized spacial score (nSPS) is 23.4. The van der Waals surface area contributed by atoms with Crippen LogP contribution in [0.5, 0.6) is 0 Å². The van der Waals surface area contributed by atoms with Crippen molar-refractivity contribution in [2.45, 2.75) is 38.6 Å². The zero-order chi connectivity index (χ0) is 13.5. The highest BCUT2D eigenvalue weighted by atomic mass is 32.1. The molecule has 0 aromatic carbocycles. The Labute approximate surface area is 117 Å². The van der Waals surface area contributed by atoms with E-state index in [-0.39, 0.29) is 12.5 Å². The lowest BCUT2D eigenvalue weighted by molar-refractivity contribution is -0.126. The van der Waals surface area contributed by atoms with Gasteiger partial charge in [-0.25, -0.2) is 0 Å². The summed E-state index contributed by atoms with van der Waals surface area (Å²) in [6.07, 6.45) is 6.17. The minimum Gasteiger partial charge on any atom is -0.386 e. The molecule has 1 aliphatic rings. The highest BCUT2D eigenvalue weighted by molar-refractivity contribution is 7.11. The van der Waals surface area contributed by atoms with Gasteiger partial charge in [-0.3, -0.25) is 4.79 Å². The van der Waals surface area contributed by atoms with Crippen molar-refractivity contribution in [1.29, 1.82) is 0 Å². The van der Waals surface area contributed by atoms with Gasteiger partial charge in [-0.15, -0.1) is 11.3 Å². The molecule has 4 nitrogen and oxygen atoms in total. The van der Waals surface area contributed by atoms with E-state index in [4.69, 9.17) is 4.84 Å². The Bertz CT molecular complexity index is 409. The molecule has 0 aliphatic heterocycles. The summed E-state index contributed by atoms with van der Waals surface area (Å²) in [7, 11) is 0. The molecular formula is C14H20N2O2S. The lowest BCUT2D eigenvalue weighted by Crippen LogP contribution is -2.39. The van der Waals surface area contributed by atoms with Crippen LogP contribution in [0.25, 0.3) is 0 Å². The van der Waals surface area contributed by atoms with Crippen LogP contribution in [-0.2, 0) is 9.63 Å². The molecule has 5 heteroatoms. The summed E-state index contributed by atoms with van der Waals surface area (Å²) in [5.74, 6) is 0.711. The first-order valence-electron chi connectivity index (χ1n) is 6.72. The van der Waals surface area contributed by atoms with Crippen molar-refractivity contribution in [2.24, 2.45) is 11.1 Å². The minimum atomic E-state index is -0.0807. The van der Waals surface area contributed by atoms with Crippen LogP contribution in [0.4, 0.5) is 0 Å². The van der Waals surface area contributed by atoms with Crippen molar-refractivity contribution in [3.05, 3.63) is 22.4 Å². The first-order chi connectivity index (χ1) is 9.24. The van der Waals surface area contributed by atoms with E-state index in [0.717, 1.165) is 23.6 Å². The predicted octanol–water partition coefficient (Wildman–Crippen LogP) is 2.79. The number of nitrogens with one attached hydrogen (secondary N) is 1. The lowest BCUT2D eigenvalue weighted by Gasteiger charge is -2.26. The zero-order valence-corrected chi connectivity index (χ0v) is 12.0. The Morgan fingerprint density at radius 3 is 3.00 bits per heavy atom. The van der Waals surface area contributed by atoms with E-state index in [1.165, 1.54) is 12.8 Å². The molecule has 1 N–H and O–H groups in total. The summed E-state index contributed by atoms with van der Waals surface area (Å²) in [5, 5.41) is 8.75. The molecule has 1 heterocycles. The number of rotatable bonds is 5. The van der Waals surface area contributed by atoms with Crippen molar-refractivity contribution < 1.29 is 9.63 Å². The average Bonchev–Trinajstić information content (AvgIpc) is 2.91. The SMILES string of the molecule is CC1CCC(NC(=O)CO/N=C/c2cccs2)CC1. The van der Waals surface area contributed by atoms with Gasteiger partial charge in [0.2, 0.25) is 0 Å². The summed E-state index contributed by atoms with van der Waals surface area (Å²) in [5.41, 5.74) is 0. The largest absolute Gasteiger partial charge is 0.386 e. The van der Waals surface area contributed by atoms with E-state index in [9.17, 15) is 4.79 Å².